The van der Waals surface area contributed by atoms with E-state index in [0.717, 1.165) is 10.9 Å². The van der Waals surface area contributed by atoms with E-state index in [9.17, 15) is 9.59 Å². The van der Waals surface area contributed by atoms with Crippen molar-refractivity contribution in [2.24, 2.45) is 0 Å². The molecule has 2 amide bonds. The van der Waals surface area contributed by atoms with Crippen LogP contribution in [0, 0.1) is 0 Å². The number of halogens is 1. The number of hydrogen-bond donors (Lipinski definition) is 2. The molecule has 0 aliphatic heterocycles. The topological polar surface area (TPSA) is 83.7 Å². The molecule has 0 fully saturated rings. The van der Waals surface area contributed by atoms with Crippen molar-refractivity contribution in [3.8, 4) is 11.5 Å². The number of ether oxygens (including phenoxy) is 2. The lowest BCUT2D eigenvalue weighted by Crippen LogP contribution is -2.36. The second-order valence-electron chi connectivity index (χ2n) is 7.65. The lowest BCUT2D eigenvalue weighted by Gasteiger charge is -2.24. The molecule has 4 aromatic rings. The minimum absolute atomic E-state index is 0.0729. The van der Waals surface area contributed by atoms with Gasteiger partial charge in [0, 0.05) is 23.2 Å². The molecule has 0 aliphatic rings. The quantitative estimate of drug-likeness (QED) is 0.371. The monoisotopic (exact) mass is 477 g/mol. The fraction of sp³-hybridized carbons (Fsp3) is 0.154. The third kappa shape index (κ3) is 5.15. The molecule has 8 heteroatoms. The van der Waals surface area contributed by atoms with Gasteiger partial charge in [0.25, 0.3) is 5.56 Å². The van der Waals surface area contributed by atoms with Gasteiger partial charge in [0.05, 0.1) is 32.0 Å². The Balaban J connectivity index is 1.68. The zero-order chi connectivity index (χ0) is 24.1. The van der Waals surface area contributed by atoms with E-state index in [4.69, 9.17) is 21.1 Å². The standard InChI is InChI=1S/C26H24ClN3O4/c1-33-20-12-11-17-13-19(25(31)28-23(17)14-20)16-30(15-18-7-3-4-8-21(18)27)26(32)29-22-9-5-6-10-24(22)34-2/h3-14H,15-16H2,1-2H3,(H,28,31)(H,29,32). The molecule has 34 heavy (non-hydrogen) atoms. The van der Waals surface area contributed by atoms with Crippen LogP contribution in [-0.2, 0) is 13.1 Å². The van der Waals surface area contributed by atoms with Crippen molar-refractivity contribution in [2.45, 2.75) is 13.1 Å². The maximum Gasteiger partial charge on any atom is 0.322 e. The third-order valence-corrected chi connectivity index (χ3v) is 5.81. The van der Waals surface area contributed by atoms with E-state index in [2.05, 4.69) is 10.3 Å². The van der Waals surface area contributed by atoms with Crippen molar-refractivity contribution < 1.29 is 14.3 Å². The minimum atomic E-state index is -0.390. The Bertz CT molecular complexity index is 1390. The van der Waals surface area contributed by atoms with Crippen LogP contribution in [0.4, 0.5) is 10.5 Å². The molecule has 4 rings (SSSR count). The van der Waals surface area contributed by atoms with Gasteiger partial charge in [-0.15, -0.1) is 0 Å². The lowest BCUT2D eigenvalue weighted by atomic mass is 10.1. The molecule has 7 nitrogen and oxygen atoms in total. The van der Waals surface area contributed by atoms with E-state index in [1.807, 2.05) is 36.4 Å². The van der Waals surface area contributed by atoms with E-state index in [0.29, 0.717) is 33.3 Å². The molecule has 0 saturated heterocycles. The van der Waals surface area contributed by atoms with Gasteiger partial charge in [-0.25, -0.2) is 4.79 Å². The molecule has 3 aromatic carbocycles. The molecule has 0 aliphatic carbocycles. The molecule has 2 N–H and O–H groups in total. The van der Waals surface area contributed by atoms with E-state index in [-0.39, 0.29) is 18.6 Å². The number of urea groups is 1. The van der Waals surface area contributed by atoms with E-state index in [1.54, 1.807) is 43.5 Å². The first-order chi connectivity index (χ1) is 16.5. The Morgan fingerprint density at radius 1 is 0.941 bits per heavy atom. The third-order valence-electron chi connectivity index (χ3n) is 5.45. The summed E-state index contributed by atoms with van der Waals surface area (Å²) in [4.78, 5) is 30.6. The zero-order valence-electron chi connectivity index (χ0n) is 18.8. The Labute approximate surface area is 201 Å². The Hall–Kier alpha value is -3.97. The van der Waals surface area contributed by atoms with Crippen molar-refractivity contribution >= 4 is 34.2 Å². The molecular weight excluding hydrogens is 454 g/mol. The van der Waals surface area contributed by atoms with Crippen LogP contribution >= 0.6 is 11.6 Å². The predicted octanol–water partition coefficient (Wildman–Crippen LogP) is 5.43. The number of anilines is 1. The predicted molar refractivity (Wildman–Crippen MR) is 134 cm³/mol. The molecule has 0 radical (unpaired) electrons. The smallest absolute Gasteiger partial charge is 0.322 e. The average Bonchev–Trinajstić information content (AvgIpc) is 2.85. The number of carbonyl (C=O) groups is 1. The highest BCUT2D eigenvalue weighted by atomic mass is 35.5. The van der Waals surface area contributed by atoms with Crippen LogP contribution in [0.2, 0.25) is 5.02 Å². The van der Waals surface area contributed by atoms with E-state index in [1.165, 1.54) is 12.0 Å². The van der Waals surface area contributed by atoms with Gasteiger partial charge < -0.3 is 24.7 Å². The van der Waals surface area contributed by atoms with Crippen LogP contribution in [-0.4, -0.2) is 30.1 Å². The number of carbonyl (C=O) groups excluding carboxylic acids is 1. The summed E-state index contributed by atoms with van der Waals surface area (Å²) < 4.78 is 10.6. The van der Waals surface area contributed by atoms with Gasteiger partial charge in [0.2, 0.25) is 0 Å². The minimum Gasteiger partial charge on any atom is -0.497 e. The molecule has 1 aromatic heterocycles. The number of aromatic nitrogens is 1. The van der Waals surface area contributed by atoms with Crippen molar-refractivity contribution in [1.29, 1.82) is 0 Å². The summed E-state index contributed by atoms with van der Waals surface area (Å²) in [6.45, 7) is 0.282. The number of H-pyrrole nitrogens is 1. The first-order valence-corrected chi connectivity index (χ1v) is 11.0. The van der Waals surface area contributed by atoms with Crippen molar-refractivity contribution in [1.82, 2.24) is 9.88 Å². The number of methoxy groups -OCH3 is 2. The summed E-state index contributed by atoms with van der Waals surface area (Å²) in [6.07, 6.45) is 0. The molecular formula is C26H24ClN3O4. The fourth-order valence-electron chi connectivity index (χ4n) is 3.65. The Morgan fingerprint density at radius 2 is 1.68 bits per heavy atom. The summed E-state index contributed by atoms with van der Waals surface area (Å²) in [5.41, 5.74) is 2.11. The molecule has 0 spiro atoms. The number of nitrogens with zero attached hydrogens (tertiary/aromatic N) is 1. The van der Waals surface area contributed by atoms with Crippen LogP contribution < -0.4 is 20.3 Å². The van der Waals surface area contributed by atoms with Gasteiger partial charge in [0.15, 0.2) is 0 Å². The highest BCUT2D eigenvalue weighted by Crippen LogP contribution is 2.25. The molecule has 0 saturated carbocycles. The average molecular weight is 478 g/mol. The number of aromatic amines is 1. The maximum atomic E-state index is 13.3. The number of nitrogens with one attached hydrogen (secondary N) is 2. The van der Waals surface area contributed by atoms with Crippen LogP contribution in [0.25, 0.3) is 10.9 Å². The number of benzene rings is 3. The van der Waals surface area contributed by atoms with Crippen LogP contribution in [0.1, 0.15) is 11.1 Å². The van der Waals surface area contributed by atoms with Crippen molar-refractivity contribution in [2.75, 3.05) is 19.5 Å². The summed E-state index contributed by atoms with van der Waals surface area (Å²) in [7, 11) is 3.11. The second-order valence-corrected chi connectivity index (χ2v) is 8.06. The molecule has 174 valence electrons. The maximum absolute atomic E-state index is 13.3. The van der Waals surface area contributed by atoms with Crippen molar-refractivity contribution in [3.63, 3.8) is 0 Å². The first kappa shape index (κ1) is 23.2. The van der Waals surface area contributed by atoms with E-state index < -0.39 is 6.03 Å². The Morgan fingerprint density at radius 3 is 2.44 bits per heavy atom. The SMILES string of the molecule is COc1ccc2cc(CN(Cc3ccccc3Cl)C(=O)Nc3ccccc3OC)c(=O)[nH]c2c1. The zero-order valence-corrected chi connectivity index (χ0v) is 19.6. The second kappa shape index (κ2) is 10.3. The van der Waals surface area contributed by atoms with Gasteiger partial charge >= 0.3 is 6.03 Å². The molecule has 0 atom stereocenters. The Kier molecular flexibility index (Phi) is 7.04. The number of rotatable bonds is 7. The summed E-state index contributed by atoms with van der Waals surface area (Å²) in [6, 6.07) is 21.3. The number of para-hydroxylation sites is 2. The van der Waals surface area contributed by atoms with Gasteiger partial charge in [-0.2, -0.15) is 0 Å². The van der Waals surface area contributed by atoms with Gasteiger partial charge in [-0.3, -0.25) is 4.79 Å². The molecule has 0 bridgehead atoms. The first-order valence-electron chi connectivity index (χ1n) is 10.6. The molecule has 0 unspecified atom stereocenters. The number of amides is 2. The van der Waals surface area contributed by atoms with Gasteiger partial charge in [-0.1, -0.05) is 41.9 Å². The summed E-state index contributed by atoms with van der Waals surface area (Å²) in [5.74, 6) is 1.18. The molecule has 1 heterocycles. The number of fused-ring (bicyclic) bond motifs is 1. The van der Waals surface area contributed by atoms with Gasteiger partial charge in [0.1, 0.15) is 11.5 Å². The summed E-state index contributed by atoms with van der Waals surface area (Å²) >= 11 is 6.36. The largest absolute Gasteiger partial charge is 0.497 e. The number of pyridine rings is 1. The highest BCUT2D eigenvalue weighted by Gasteiger charge is 2.19. The van der Waals surface area contributed by atoms with Crippen LogP contribution in [0.15, 0.2) is 77.6 Å². The van der Waals surface area contributed by atoms with E-state index >= 15 is 0 Å². The van der Waals surface area contributed by atoms with Crippen LogP contribution in [0.5, 0.6) is 11.5 Å². The number of hydrogen-bond acceptors (Lipinski definition) is 4. The summed E-state index contributed by atoms with van der Waals surface area (Å²) in [5, 5.41) is 4.25. The fourth-order valence-corrected chi connectivity index (χ4v) is 3.84. The van der Waals surface area contributed by atoms with Crippen molar-refractivity contribution in [3.05, 3.63) is 99.3 Å². The normalized spacial score (nSPS) is 10.7. The van der Waals surface area contributed by atoms with Crippen LogP contribution in [0.3, 0.4) is 0 Å². The lowest BCUT2D eigenvalue weighted by molar-refractivity contribution is 0.206. The highest BCUT2D eigenvalue weighted by molar-refractivity contribution is 6.31. The van der Waals surface area contributed by atoms with Gasteiger partial charge in [-0.05, 0) is 47.3 Å².